The van der Waals surface area contributed by atoms with Gasteiger partial charge in [0.05, 0.1) is 10.6 Å². The molecule has 1 fully saturated rings. The van der Waals surface area contributed by atoms with Gasteiger partial charge in [-0.1, -0.05) is 17.7 Å². The molecule has 0 aromatic heterocycles. The third-order valence-electron chi connectivity index (χ3n) is 3.34. The van der Waals surface area contributed by atoms with E-state index in [2.05, 4.69) is 0 Å². The zero-order valence-electron chi connectivity index (χ0n) is 10.0. The van der Waals surface area contributed by atoms with E-state index in [4.69, 9.17) is 17.3 Å². The summed E-state index contributed by atoms with van der Waals surface area (Å²) in [5.41, 5.74) is 5.62. The molecule has 5 heteroatoms. The van der Waals surface area contributed by atoms with E-state index >= 15 is 0 Å². The van der Waals surface area contributed by atoms with Crippen LogP contribution in [0, 0.1) is 5.82 Å². The zero-order chi connectivity index (χ0) is 13.1. The minimum absolute atomic E-state index is 0.0121. The lowest BCUT2D eigenvalue weighted by Crippen LogP contribution is -2.47. The topological polar surface area (TPSA) is 46.3 Å². The van der Waals surface area contributed by atoms with Gasteiger partial charge in [0.1, 0.15) is 5.82 Å². The average Bonchev–Trinajstić information content (AvgIpc) is 2.38. The molecule has 18 heavy (non-hydrogen) atoms. The summed E-state index contributed by atoms with van der Waals surface area (Å²) in [6.07, 6.45) is 2.85. The van der Waals surface area contributed by atoms with Crippen LogP contribution in [-0.4, -0.2) is 29.9 Å². The number of piperidine rings is 1. The van der Waals surface area contributed by atoms with Gasteiger partial charge >= 0.3 is 0 Å². The molecular weight excluding hydrogens is 255 g/mol. The van der Waals surface area contributed by atoms with Crippen molar-refractivity contribution in [3.8, 4) is 0 Å². The Hall–Kier alpha value is -1.13. The Morgan fingerprint density at radius 1 is 1.50 bits per heavy atom. The van der Waals surface area contributed by atoms with Gasteiger partial charge in [-0.15, -0.1) is 0 Å². The molecule has 0 spiro atoms. The van der Waals surface area contributed by atoms with Crippen LogP contribution < -0.4 is 5.73 Å². The average molecular weight is 271 g/mol. The first kappa shape index (κ1) is 13.3. The van der Waals surface area contributed by atoms with Crippen molar-refractivity contribution < 1.29 is 9.18 Å². The number of carbonyl (C=O) groups is 1. The molecule has 3 nitrogen and oxygen atoms in total. The van der Waals surface area contributed by atoms with Gasteiger partial charge in [0.25, 0.3) is 5.91 Å². The zero-order valence-corrected chi connectivity index (χ0v) is 10.8. The quantitative estimate of drug-likeness (QED) is 0.897. The standard InChI is InChI=1S/C13H16ClFN2O/c14-10-5-3-6-11(15)12(10)13(18)17-7-2-1-4-9(17)8-16/h3,5-6,9H,1-2,4,7-8,16H2. The van der Waals surface area contributed by atoms with Crippen molar-refractivity contribution in [3.63, 3.8) is 0 Å². The molecule has 1 aliphatic heterocycles. The highest BCUT2D eigenvalue weighted by Gasteiger charge is 2.29. The smallest absolute Gasteiger partial charge is 0.258 e. The number of benzene rings is 1. The Labute approximate surface area is 111 Å². The predicted octanol–water partition coefficient (Wildman–Crippen LogP) is 2.43. The Kier molecular flexibility index (Phi) is 4.19. The maximum atomic E-state index is 13.7. The Morgan fingerprint density at radius 2 is 2.28 bits per heavy atom. The molecule has 1 heterocycles. The second-order valence-electron chi connectivity index (χ2n) is 4.48. The van der Waals surface area contributed by atoms with Crippen LogP contribution in [0.3, 0.4) is 0 Å². The molecule has 1 amide bonds. The summed E-state index contributed by atoms with van der Waals surface area (Å²) in [5.74, 6) is -0.929. The maximum absolute atomic E-state index is 13.7. The SMILES string of the molecule is NCC1CCCCN1C(=O)c1c(F)cccc1Cl. The van der Waals surface area contributed by atoms with Crippen molar-refractivity contribution in [2.45, 2.75) is 25.3 Å². The van der Waals surface area contributed by atoms with Crippen molar-refractivity contribution in [1.29, 1.82) is 0 Å². The minimum atomic E-state index is -0.575. The van der Waals surface area contributed by atoms with Crippen LogP contribution in [0.4, 0.5) is 4.39 Å². The molecular formula is C13H16ClFN2O. The van der Waals surface area contributed by atoms with E-state index in [1.165, 1.54) is 18.2 Å². The molecule has 1 atom stereocenters. The number of likely N-dealkylation sites (tertiary alicyclic amines) is 1. The lowest BCUT2D eigenvalue weighted by molar-refractivity contribution is 0.0619. The van der Waals surface area contributed by atoms with E-state index in [9.17, 15) is 9.18 Å². The van der Waals surface area contributed by atoms with Crippen LogP contribution in [0.1, 0.15) is 29.6 Å². The first-order chi connectivity index (χ1) is 8.65. The Bertz CT molecular complexity index is 432. The summed E-state index contributed by atoms with van der Waals surface area (Å²) in [6.45, 7) is 1.02. The number of nitrogens with two attached hydrogens (primary N) is 1. The molecule has 1 unspecified atom stereocenters. The molecule has 1 aromatic rings. The molecule has 0 saturated carbocycles. The lowest BCUT2D eigenvalue weighted by atomic mass is 10.0. The highest BCUT2D eigenvalue weighted by Crippen LogP contribution is 2.24. The van der Waals surface area contributed by atoms with Gasteiger partial charge < -0.3 is 10.6 Å². The van der Waals surface area contributed by atoms with Crippen LogP contribution in [0.2, 0.25) is 5.02 Å². The van der Waals surface area contributed by atoms with Crippen molar-refractivity contribution in [2.75, 3.05) is 13.1 Å². The lowest BCUT2D eigenvalue weighted by Gasteiger charge is -2.35. The number of hydrogen-bond donors (Lipinski definition) is 1. The Morgan fingerprint density at radius 3 is 2.94 bits per heavy atom. The molecule has 2 N–H and O–H groups in total. The van der Waals surface area contributed by atoms with Gasteiger partial charge in [-0.05, 0) is 31.4 Å². The number of nitrogens with zero attached hydrogens (tertiary/aromatic N) is 1. The molecule has 1 aromatic carbocycles. The molecule has 2 rings (SSSR count). The van der Waals surface area contributed by atoms with Crippen LogP contribution in [0.5, 0.6) is 0 Å². The van der Waals surface area contributed by atoms with Gasteiger partial charge in [-0.2, -0.15) is 0 Å². The van der Waals surface area contributed by atoms with Gasteiger partial charge in [0.15, 0.2) is 0 Å². The predicted molar refractivity (Wildman–Crippen MR) is 69.1 cm³/mol. The normalized spacial score (nSPS) is 19.9. The molecule has 98 valence electrons. The van der Waals surface area contributed by atoms with E-state index in [-0.39, 0.29) is 22.5 Å². The van der Waals surface area contributed by atoms with Gasteiger partial charge in [0, 0.05) is 19.1 Å². The van der Waals surface area contributed by atoms with Crippen molar-refractivity contribution >= 4 is 17.5 Å². The fourth-order valence-corrected chi connectivity index (χ4v) is 2.60. The number of amides is 1. The maximum Gasteiger partial charge on any atom is 0.258 e. The highest BCUT2D eigenvalue weighted by atomic mass is 35.5. The number of hydrogen-bond acceptors (Lipinski definition) is 2. The second-order valence-corrected chi connectivity index (χ2v) is 4.89. The van der Waals surface area contributed by atoms with E-state index in [0.29, 0.717) is 13.1 Å². The van der Waals surface area contributed by atoms with E-state index in [1.807, 2.05) is 0 Å². The molecule has 0 bridgehead atoms. The van der Waals surface area contributed by atoms with Crippen LogP contribution in [0.25, 0.3) is 0 Å². The fraction of sp³-hybridized carbons (Fsp3) is 0.462. The third-order valence-corrected chi connectivity index (χ3v) is 3.65. The van der Waals surface area contributed by atoms with E-state index in [0.717, 1.165) is 19.3 Å². The second kappa shape index (κ2) is 5.67. The summed E-state index contributed by atoms with van der Waals surface area (Å²) < 4.78 is 13.7. The van der Waals surface area contributed by atoms with Crippen molar-refractivity contribution in [1.82, 2.24) is 4.90 Å². The molecule has 1 aliphatic rings. The number of halogens is 2. The van der Waals surface area contributed by atoms with Crippen LogP contribution in [-0.2, 0) is 0 Å². The summed E-state index contributed by atoms with van der Waals surface area (Å²) >= 11 is 5.92. The number of carbonyl (C=O) groups excluding carboxylic acids is 1. The van der Waals surface area contributed by atoms with Crippen LogP contribution >= 0.6 is 11.6 Å². The van der Waals surface area contributed by atoms with Gasteiger partial charge in [-0.25, -0.2) is 4.39 Å². The van der Waals surface area contributed by atoms with Crippen molar-refractivity contribution in [3.05, 3.63) is 34.6 Å². The van der Waals surface area contributed by atoms with Crippen LogP contribution in [0.15, 0.2) is 18.2 Å². The van der Waals surface area contributed by atoms with Gasteiger partial charge in [0.2, 0.25) is 0 Å². The molecule has 0 radical (unpaired) electrons. The Balaban J connectivity index is 2.30. The highest BCUT2D eigenvalue weighted by molar-refractivity contribution is 6.33. The fourth-order valence-electron chi connectivity index (χ4n) is 2.36. The molecule has 1 saturated heterocycles. The summed E-state index contributed by atoms with van der Waals surface area (Å²) in [7, 11) is 0. The van der Waals surface area contributed by atoms with Crippen molar-refractivity contribution in [2.24, 2.45) is 5.73 Å². The first-order valence-electron chi connectivity index (χ1n) is 6.10. The monoisotopic (exact) mass is 270 g/mol. The number of rotatable bonds is 2. The first-order valence-corrected chi connectivity index (χ1v) is 6.48. The largest absolute Gasteiger partial charge is 0.334 e. The van der Waals surface area contributed by atoms with E-state index < -0.39 is 5.82 Å². The van der Waals surface area contributed by atoms with Gasteiger partial charge in [-0.3, -0.25) is 4.79 Å². The van der Waals surface area contributed by atoms with E-state index in [1.54, 1.807) is 4.90 Å². The minimum Gasteiger partial charge on any atom is -0.334 e. The summed E-state index contributed by atoms with van der Waals surface area (Å²) in [4.78, 5) is 14.0. The molecule has 0 aliphatic carbocycles. The third kappa shape index (κ3) is 2.49. The summed E-state index contributed by atoms with van der Waals surface area (Å²) in [6, 6.07) is 4.26. The summed E-state index contributed by atoms with van der Waals surface area (Å²) in [5, 5.41) is 0.154.